The van der Waals surface area contributed by atoms with E-state index in [0.29, 0.717) is 5.69 Å². The maximum absolute atomic E-state index is 13.0. The smallest absolute Gasteiger partial charge is 0.406 e. The zero-order valence-electron chi connectivity index (χ0n) is 17.5. The van der Waals surface area contributed by atoms with Gasteiger partial charge in [-0.1, -0.05) is 17.7 Å². The monoisotopic (exact) mass is 454 g/mol. The molecule has 0 spiro atoms. The molecule has 0 saturated carbocycles. The highest BCUT2D eigenvalue weighted by molar-refractivity contribution is 6.35. The molecule has 0 atom stereocenters. The first kappa shape index (κ1) is 22.1. The molecule has 1 aliphatic rings. The molecule has 3 aromatic carbocycles. The number of benzene rings is 3. The predicted octanol–water partition coefficient (Wildman–Crippen LogP) is 5.25. The lowest BCUT2D eigenvalue weighted by atomic mass is 10.1. The van der Waals surface area contributed by atoms with Crippen LogP contribution in [-0.4, -0.2) is 24.1 Å². The van der Waals surface area contributed by atoms with Crippen molar-refractivity contribution < 1.29 is 32.3 Å². The summed E-state index contributed by atoms with van der Waals surface area (Å²) in [5, 5.41) is 2.54. The Bertz CT molecular complexity index is 1280. The van der Waals surface area contributed by atoms with Crippen LogP contribution in [0.1, 0.15) is 42.2 Å². The molecule has 6 nitrogen and oxygen atoms in total. The molecule has 0 unspecified atom stereocenters. The molecule has 0 aliphatic carbocycles. The average Bonchev–Trinajstić information content (AvgIpc) is 2.98. The van der Waals surface area contributed by atoms with Gasteiger partial charge in [0, 0.05) is 11.3 Å². The molecule has 0 fully saturated rings. The predicted molar refractivity (Wildman–Crippen MR) is 115 cm³/mol. The third kappa shape index (κ3) is 4.43. The summed E-state index contributed by atoms with van der Waals surface area (Å²) in [7, 11) is 0. The minimum Gasteiger partial charge on any atom is -0.406 e. The molecule has 3 amide bonds. The van der Waals surface area contributed by atoms with E-state index in [1.54, 1.807) is 19.1 Å². The Morgan fingerprint density at radius 1 is 0.879 bits per heavy atom. The minimum atomic E-state index is -4.82. The Labute approximate surface area is 186 Å². The second-order valence-corrected chi connectivity index (χ2v) is 7.52. The topological polar surface area (TPSA) is 75.7 Å². The van der Waals surface area contributed by atoms with E-state index in [4.69, 9.17) is 0 Å². The number of hydrogen-bond acceptors (Lipinski definition) is 4. The van der Waals surface area contributed by atoms with Crippen LogP contribution in [0.3, 0.4) is 0 Å². The van der Waals surface area contributed by atoms with Crippen LogP contribution in [0.2, 0.25) is 0 Å². The lowest BCUT2D eigenvalue weighted by molar-refractivity contribution is -0.274. The number of carbonyl (C=O) groups is 3. The van der Waals surface area contributed by atoms with Crippen LogP contribution in [0.4, 0.5) is 24.5 Å². The van der Waals surface area contributed by atoms with E-state index in [1.807, 2.05) is 13.0 Å². The fourth-order valence-corrected chi connectivity index (χ4v) is 3.60. The molecule has 4 rings (SSSR count). The fraction of sp³-hybridized carbons (Fsp3) is 0.125. The highest BCUT2D eigenvalue weighted by atomic mass is 19.4. The van der Waals surface area contributed by atoms with Gasteiger partial charge in [0.2, 0.25) is 0 Å². The van der Waals surface area contributed by atoms with Gasteiger partial charge in [-0.3, -0.25) is 14.4 Å². The third-order valence-electron chi connectivity index (χ3n) is 5.09. The zero-order chi connectivity index (χ0) is 23.9. The Morgan fingerprint density at radius 3 is 2.18 bits per heavy atom. The number of alkyl halides is 3. The molecule has 0 bridgehead atoms. The lowest BCUT2D eigenvalue weighted by Gasteiger charge is -2.16. The Morgan fingerprint density at radius 2 is 1.55 bits per heavy atom. The molecule has 1 heterocycles. The van der Waals surface area contributed by atoms with Crippen LogP contribution >= 0.6 is 0 Å². The van der Waals surface area contributed by atoms with E-state index < -0.39 is 29.8 Å². The highest BCUT2D eigenvalue weighted by Crippen LogP contribution is 2.32. The van der Waals surface area contributed by atoms with Crippen molar-refractivity contribution in [3.63, 3.8) is 0 Å². The molecule has 3 aromatic rings. The van der Waals surface area contributed by atoms with Gasteiger partial charge in [-0.25, -0.2) is 4.90 Å². The van der Waals surface area contributed by atoms with Gasteiger partial charge >= 0.3 is 6.36 Å². The van der Waals surface area contributed by atoms with Gasteiger partial charge < -0.3 is 10.1 Å². The summed E-state index contributed by atoms with van der Waals surface area (Å²) >= 11 is 0. The number of imide groups is 1. The standard InChI is InChI=1S/C24H17F3N2O4/c1-13-3-10-20(14(2)11-13)29-22(31)18-9-4-15(12-19(18)23(29)32)21(30)28-16-5-7-17(8-6-16)33-24(25,26)27/h3-12H,1-2H3,(H,28,30). The first-order chi connectivity index (χ1) is 15.5. The number of carbonyl (C=O) groups excluding carboxylic acids is 3. The van der Waals surface area contributed by atoms with Crippen LogP contribution in [0.15, 0.2) is 60.7 Å². The van der Waals surface area contributed by atoms with Gasteiger partial charge in [0.15, 0.2) is 0 Å². The highest BCUT2D eigenvalue weighted by Gasteiger charge is 2.37. The molecular weight excluding hydrogens is 437 g/mol. The number of aryl methyl sites for hydroxylation is 2. The number of ether oxygens (including phenoxy) is 1. The van der Waals surface area contributed by atoms with Crippen LogP contribution in [-0.2, 0) is 0 Å². The molecule has 0 saturated heterocycles. The van der Waals surface area contributed by atoms with E-state index in [0.717, 1.165) is 28.2 Å². The SMILES string of the molecule is Cc1ccc(N2C(=O)c3ccc(C(=O)Nc4ccc(OC(F)(F)F)cc4)cc3C2=O)c(C)c1. The second kappa shape index (κ2) is 8.09. The van der Waals surface area contributed by atoms with Crippen LogP contribution in [0, 0.1) is 13.8 Å². The lowest BCUT2D eigenvalue weighted by Crippen LogP contribution is -2.30. The number of halogens is 3. The minimum absolute atomic E-state index is 0.0987. The third-order valence-corrected chi connectivity index (χ3v) is 5.09. The van der Waals surface area contributed by atoms with E-state index >= 15 is 0 Å². The van der Waals surface area contributed by atoms with E-state index in [-0.39, 0.29) is 22.4 Å². The van der Waals surface area contributed by atoms with Crippen molar-refractivity contribution >= 4 is 29.1 Å². The van der Waals surface area contributed by atoms with Gasteiger partial charge in [0.25, 0.3) is 17.7 Å². The molecule has 1 N–H and O–H groups in total. The van der Waals surface area contributed by atoms with Gasteiger partial charge in [-0.05, 0) is 67.9 Å². The largest absolute Gasteiger partial charge is 0.573 e. The van der Waals surface area contributed by atoms with Crippen LogP contribution in [0.5, 0.6) is 5.75 Å². The Balaban J connectivity index is 1.55. The first-order valence-corrected chi connectivity index (χ1v) is 9.81. The van der Waals surface area contributed by atoms with E-state index in [2.05, 4.69) is 10.1 Å². The van der Waals surface area contributed by atoms with E-state index in [1.165, 1.54) is 30.3 Å². The number of nitrogens with one attached hydrogen (secondary N) is 1. The summed E-state index contributed by atoms with van der Waals surface area (Å²) in [5.74, 6) is -2.03. The number of hydrogen-bond donors (Lipinski definition) is 1. The fourth-order valence-electron chi connectivity index (χ4n) is 3.60. The normalized spacial score (nSPS) is 13.2. The van der Waals surface area contributed by atoms with Crippen molar-refractivity contribution in [2.24, 2.45) is 0 Å². The van der Waals surface area contributed by atoms with E-state index in [9.17, 15) is 27.6 Å². The number of nitrogens with zero attached hydrogens (tertiary/aromatic N) is 1. The average molecular weight is 454 g/mol. The van der Waals surface area contributed by atoms with Gasteiger partial charge in [0.05, 0.1) is 16.8 Å². The molecule has 0 aromatic heterocycles. The Kier molecular flexibility index (Phi) is 5.41. The molecule has 1 aliphatic heterocycles. The number of fused-ring (bicyclic) bond motifs is 1. The van der Waals surface area contributed by atoms with Gasteiger partial charge in [0.1, 0.15) is 5.75 Å². The first-order valence-electron chi connectivity index (χ1n) is 9.81. The number of rotatable bonds is 4. The van der Waals surface area contributed by atoms with Crippen molar-refractivity contribution in [2.75, 3.05) is 10.2 Å². The van der Waals surface area contributed by atoms with Crippen molar-refractivity contribution in [2.45, 2.75) is 20.2 Å². The van der Waals surface area contributed by atoms with Gasteiger partial charge in [-0.2, -0.15) is 0 Å². The van der Waals surface area contributed by atoms with Crippen LogP contribution in [0.25, 0.3) is 0 Å². The maximum Gasteiger partial charge on any atom is 0.573 e. The van der Waals surface area contributed by atoms with Crippen molar-refractivity contribution in [1.29, 1.82) is 0 Å². The number of amides is 3. The summed E-state index contributed by atoms with van der Waals surface area (Å²) < 4.78 is 40.6. The van der Waals surface area contributed by atoms with Crippen LogP contribution < -0.4 is 15.0 Å². The molecule has 168 valence electrons. The Hall–Kier alpha value is -4.14. The second-order valence-electron chi connectivity index (χ2n) is 7.52. The summed E-state index contributed by atoms with van der Waals surface area (Å²) in [5.41, 5.74) is 2.86. The summed E-state index contributed by atoms with van der Waals surface area (Å²) in [6.07, 6.45) is -4.82. The molecule has 33 heavy (non-hydrogen) atoms. The zero-order valence-corrected chi connectivity index (χ0v) is 17.5. The summed E-state index contributed by atoms with van der Waals surface area (Å²) in [4.78, 5) is 39.6. The quantitative estimate of drug-likeness (QED) is 0.546. The van der Waals surface area contributed by atoms with Crippen molar-refractivity contribution in [3.05, 3.63) is 88.5 Å². The molecule has 0 radical (unpaired) electrons. The van der Waals surface area contributed by atoms with Gasteiger partial charge in [-0.15, -0.1) is 13.2 Å². The van der Waals surface area contributed by atoms with Crippen molar-refractivity contribution in [1.82, 2.24) is 0 Å². The number of anilines is 2. The summed E-state index contributed by atoms with van der Waals surface area (Å²) in [6, 6.07) is 14.2. The molecular formula is C24H17F3N2O4. The molecule has 9 heteroatoms. The maximum atomic E-state index is 13.0. The summed E-state index contributed by atoms with van der Waals surface area (Å²) in [6.45, 7) is 3.71. The van der Waals surface area contributed by atoms with Crippen molar-refractivity contribution in [3.8, 4) is 5.75 Å².